The van der Waals surface area contributed by atoms with Gasteiger partial charge in [-0.3, -0.25) is 29.1 Å². The van der Waals surface area contributed by atoms with Crippen molar-refractivity contribution < 1.29 is 51.3 Å². The number of nitrogens with one attached hydrogen (secondary N) is 3. The lowest BCUT2D eigenvalue weighted by molar-refractivity contribution is -0.136. The van der Waals surface area contributed by atoms with Crippen molar-refractivity contribution in [3.05, 3.63) is 309 Å². The second-order valence-electron chi connectivity index (χ2n) is 22.7. The van der Waals surface area contributed by atoms with Crippen molar-refractivity contribution in [3.8, 4) is 33.8 Å². The number of H-pyrrole nitrogens is 2. The van der Waals surface area contributed by atoms with Gasteiger partial charge in [0.1, 0.15) is 48.0 Å². The van der Waals surface area contributed by atoms with E-state index >= 15 is 0 Å². The highest BCUT2D eigenvalue weighted by molar-refractivity contribution is 5.95. The Morgan fingerprint density at radius 1 is 0.505 bits per heavy atom. The number of carbonyl (C=O) groups is 4. The molecule has 0 unspecified atom stereocenters. The number of hydrogen-bond acceptors (Lipinski definition) is 9. The molecule has 12 rings (SSSR count). The topological polar surface area (TPSA) is 254 Å². The number of aryl methyl sites for hydroxylation is 2. The molecule has 0 bridgehead atoms. The lowest BCUT2D eigenvalue weighted by atomic mass is 9.94. The molecule has 19 heteroatoms. The second kappa shape index (κ2) is 30.6. The van der Waals surface area contributed by atoms with Crippen molar-refractivity contribution in [1.29, 1.82) is 0 Å². The van der Waals surface area contributed by atoms with Crippen molar-refractivity contribution in [2.75, 3.05) is 0 Å². The Kier molecular flexibility index (Phi) is 21.3. The van der Waals surface area contributed by atoms with Crippen LogP contribution in [0.15, 0.2) is 219 Å². The molecule has 8 aromatic carbocycles. The summed E-state index contributed by atoms with van der Waals surface area (Å²) < 4.78 is 67.3. The highest BCUT2D eigenvalue weighted by atomic mass is 19.1. The second-order valence-corrected chi connectivity index (χ2v) is 22.7. The summed E-state index contributed by atoms with van der Waals surface area (Å²) in [5.74, 6) is -3.52. The first-order chi connectivity index (χ1) is 45.8. The van der Waals surface area contributed by atoms with Gasteiger partial charge in [0.05, 0.1) is 36.3 Å². The van der Waals surface area contributed by atoms with Crippen LogP contribution in [-0.2, 0) is 48.5 Å². The van der Waals surface area contributed by atoms with Crippen LogP contribution < -0.4 is 32.0 Å². The number of ether oxygens (including phenoxy) is 2. The van der Waals surface area contributed by atoms with E-state index in [0.717, 1.165) is 84.2 Å². The highest BCUT2D eigenvalue weighted by Gasteiger charge is 2.24. The molecular weight excluding hydrogens is 1210 g/mol. The summed E-state index contributed by atoms with van der Waals surface area (Å²) in [6.45, 7) is 4.85. The van der Waals surface area contributed by atoms with Crippen LogP contribution in [0.2, 0.25) is 0 Å². The van der Waals surface area contributed by atoms with Crippen LogP contribution in [0, 0.1) is 37.1 Å². The fourth-order valence-corrected chi connectivity index (χ4v) is 11.1. The highest BCUT2D eigenvalue weighted by Crippen LogP contribution is 2.34. The van der Waals surface area contributed by atoms with Crippen molar-refractivity contribution in [2.24, 2.45) is 17.2 Å². The van der Waals surface area contributed by atoms with E-state index in [1.165, 1.54) is 24.3 Å². The van der Waals surface area contributed by atoms with Gasteiger partial charge in [0.2, 0.25) is 17.7 Å². The number of pyridine rings is 2. The van der Waals surface area contributed by atoms with Gasteiger partial charge in [-0.15, -0.1) is 0 Å². The number of benzene rings is 8. The number of fused-ring (bicyclic) bond motifs is 2. The molecule has 0 saturated heterocycles. The van der Waals surface area contributed by atoms with Crippen LogP contribution in [0.1, 0.15) is 88.7 Å². The van der Waals surface area contributed by atoms with Crippen LogP contribution >= 0.6 is 0 Å². The van der Waals surface area contributed by atoms with Crippen LogP contribution in [0.4, 0.5) is 17.6 Å². The summed E-state index contributed by atoms with van der Waals surface area (Å²) in [5, 5.41) is 13.8. The smallest absolute Gasteiger partial charge is 0.307 e. The summed E-state index contributed by atoms with van der Waals surface area (Å²) >= 11 is 0. The molecule has 3 amide bonds. The molecule has 0 aliphatic carbocycles. The van der Waals surface area contributed by atoms with E-state index in [1.54, 1.807) is 79.4 Å². The molecule has 95 heavy (non-hydrogen) atoms. The average molecular weight is 1280 g/mol. The van der Waals surface area contributed by atoms with Crippen molar-refractivity contribution >= 4 is 45.5 Å². The standard InChI is InChI=1S/C38H32F2N4O3.C20H17F2N3O.C18H17NO3/c1-23-13-33-32(20-35(23)47-22-24-7-3-2-4-8-24)28(21-43-33)18-36(45)44-34(16-25-14-29(39)19-30(40)15-25)37-31(11-6-12-42-37)26-9-5-10-27(17-26)38(41)46;21-15-7-12(8-16(22)11-15)9-18(23)19-17(5-2-6-25-19)13-3-1-4-14(10-13)20(24)26;1-12-7-16-15(14(10-19-16)8-18(20)21)9-17(12)22-11-13-5-3-2-4-6-13/h2-15,17,19-21,34,43H,16,18,22H2,1H3,(H2,41,46)(H,44,45);1-8,10-11,18H,9,23H2,(H2,24,26);2-7,9-10,19H,8,11H2,1H3,(H,20,21)/t34-;18-;/m00./s1. The van der Waals surface area contributed by atoms with E-state index in [9.17, 15) is 36.7 Å². The van der Waals surface area contributed by atoms with Crippen LogP contribution in [0.25, 0.3) is 44.1 Å². The fourth-order valence-electron chi connectivity index (χ4n) is 11.1. The van der Waals surface area contributed by atoms with E-state index in [0.29, 0.717) is 63.7 Å². The maximum absolute atomic E-state index is 14.2. The molecule has 0 radical (unpaired) electrons. The molecule has 0 spiro atoms. The van der Waals surface area contributed by atoms with Gasteiger partial charge in [-0.1, -0.05) is 97.1 Å². The molecular formula is C76H66F4N8O7. The average Bonchev–Trinajstić information content (AvgIpc) is 1.88. The number of primary amides is 2. The van der Waals surface area contributed by atoms with E-state index in [-0.39, 0.29) is 31.6 Å². The molecule has 15 nitrogen and oxygen atoms in total. The summed E-state index contributed by atoms with van der Waals surface area (Å²) in [6.07, 6.45) is 7.03. The number of carboxylic acid groups (broad SMARTS) is 1. The van der Waals surface area contributed by atoms with Crippen molar-refractivity contribution in [3.63, 3.8) is 0 Å². The summed E-state index contributed by atoms with van der Waals surface area (Å²) in [7, 11) is 0. The molecule has 10 N–H and O–H groups in total. The number of aromatic amines is 2. The van der Waals surface area contributed by atoms with Gasteiger partial charge >= 0.3 is 5.97 Å². The normalized spacial score (nSPS) is 11.6. The van der Waals surface area contributed by atoms with Gasteiger partial charge in [-0.2, -0.15) is 0 Å². The fraction of sp³-hybridized carbons (Fsp3) is 0.132. The molecule has 0 aliphatic heterocycles. The van der Waals surface area contributed by atoms with Crippen LogP contribution in [0.5, 0.6) is 11.5 Å². The molecule has 2 atom stereocenters. The molecule has 0 saturated carbocycles. The largest absolute Gasteiger partial charge is 0.489 e. The third-order valence-electron chi connectivity index (χ3n) is 15.6. The Bertz CT molecular complexity index is 4690. The molecule has 480 valence electrons. The summed E-state index contributed by atoms with van der Waals surface area (Å²) in [4.78, 5) is 63.3. The quantitative estimate of drug-likeness (QED) is 0.0335. The van der Waals surface area contributed by atoms with Gasteiger partial charge < -0.3 is 47.1 Å². The first-order valence-electron chi connectivity index (χ1n) is 30.2. The first-order valence-corrected chi connectivity index (χ1v) is 30.2. The first kappa shape index (κ1) is 66.2. The van der Waals surface area contributed by atoms with E-state index in [2.05, 4.69) is 25.3 Å². The molecule has 0 aliphatic rings. The zero-order chi connectivity index (χ0) is 67.1. The van der Waals surface area contributed by atoms with Crippen molar-refractivity contribution in [1.82, 2.24) is 25.3 Å². The number of nitrogens with zero attached hydrogens (tertiary/aromatic N) is 2. The maximum Gasteiger partial charge on any atom is 0.307 e. The number of aromatic nitrogens is 4. The summed E-state index contributed by atoms with van der Waals surface area (Å²) in [6, 6.07) is 53.6. The predicted octanol–water partition coefficient (Wildman–Crippen LogP) is 14.2. The molecule has 0 fully saturated rings. The third kappa shape index (κ3) is 17.5. The monoisotopic (exact) mass is 1280 g/mol. The Balaban J connectivity index is 0.000000172. The minimum atomic E-state index is -0.840. The maximum atomic E-state index is 14.2. The molecule has 4 aromatic heterocycles. The number of carboxylic acids is 1. The minimum absolute atomic E-state index is 0.00118. The Morgan fingerprint density at radius 2 is 0.947 bits per heavy atom. The third-order valence-corrected chi connectivity index (χ3v) is 15.6. The lowest BCUT2D eigenvalue weighted by Crippen LogP contribution is -2.32. The van der Waals surface area contributed by atoms with Gasteiger partial charge in [0.15, 0.2) is 0 Å². The number of hydrogen-bond donors (Lipinski definition) is 7. The number of carbonyl (C=O) groups excluding carboxylic acids is 3. The molecule has 12 aromatic rings. The van der Waals surface area contributed by atoms with Crippen LogP contribution in [0.3, 0.4) is 0 Å². The summed E-state index contributed by atoms with van der Waals surface area (Å²) in [5.41, 5.74) is 29.9. The minimum Gasteiger partial charge on any atom is -0.489 e. The van der Waals surface area contributed by atoms with Crippen molar-refractivity contribution in [2.45, 2.75) is 64.8 Å². The predicted molar refractivity (Wildman–Crippen MR) is 357 cm³/mol. The lowest BCUT2D eigenvalue weighted by Gasteiger charge is -2.22. The molecule has 4 heterocycles. The number of halogens is 4. The van der Waals surface area contributed by atoms with Gasteiger partial charge in [-0.05, 0) is 167 Å². The van der Waals surface area contributed by atoms with Gasteiger partial charge in [-0.25, -0.2) is 17.6 Å². The van der Waals surface area contributed by atoms with Gasteiger partial charge in [0, 0.05) is 81.0 Å². The Morgan fingerprint density at radius 3 is 1.41 bits per heavy atom. The Hall–Kier alpha value is -11.7. The zero-order valence-corrected chi connectivity index (χ0v) is 51.7. The Labute approximate surface area is 544 Å². The number of rotatable bonds is 21. The van der Waals surface area contributed by atoms with Gasteiger partial charge in [0.25, 0.3) is 0 Å². The van der Waals surface area contributed by atoms with E-state index in [4.69, 9.17) is 31.8 Å². The number of aliphatic carboxylic acids is 1. The van der Waals surface area contributed by atoms with E-state index < -0.39 is 53.1 Å². The van der Waals surface area contributed by atoms with E-state index in [1.807, 2.05) is 117 Å². The zero-order valence-electron chi connectivity index (χ0n) is 51.7. The number of amides is 3. The number of nitrogens with two attached hydrogens (primary N) is 3. The SMILES string of the molecule is Cc1cc2[nH]cc(CC(=O)N[C@@H](Cc3cc(F)cc(F)c3)c3ncccc3-c3cccc(C(N)=O)c3)c2cc1OCc1ccccc1.Cc1cc2[nH]cc(CC(=O)O)c2cc1OCc1ccccc1.NC(=O)c1cccc(-c2cccnc2[C@@H](N)Cc2cc(F)cc(F)c2)c1. The van der Waals surface area contributed by atoms with Crippen LogP contribution in [-0.4, -0.2) is 48.7 Å².